The number of carboxylic acids is 1. The molecule has 0 saturated carbocycles. The molecule has 6 nitrogen and oxygen atoms in total. The maximum absolute atomic E-state index is 11.3. The van der Waals surface area contributed by atoms with E-state index in [1.807, 2.05) is 48.5 Å². The number of ether oxygens (including phenoxy) is 1. The van der Waals surface area contributed by atoms with Gasteiger partial charge in [0.15, 0.2) is 6.61 Å². The highest BCUT2D eigenvalue weighted by Gasteiger charge is 2.09. The van der Waals surface area contributed by atoms with Crippen molar-refractivity contribution in [1.29, 1.82) is 0 Å². The summed E-state index contributed by atoms with van der Waals surface area (Å²) in [5.74, 6) is 0.138. The lowest BCUT2D eigenvalue weighted by Crippen LogP contribution is -2.09. The van der Waals surface area contributed by atoms with Crippen LogP contribution in [0.4, 0.5) is 0 Å². The van der Waals surface area contributed by atoms with E-state index in [1.165, 1.54) is 0 Å². The van der Waals surface area contributed by atoms with E-state index < -0.39 is 22.7 Å². The zero-order chi connectivity index (χ0) is 23.8. The summed E-state index contributed by atoms with van der Waals surface area (Å²) in [6.45, 7) is -0.455. The Labute approximate surface area is 201 Å². The Bertz CT molecular complexity index is 1240. The van der Waals surface area contributed by atoms with E-state index in [1.54, 1.807) is 36.0 Å². The first kappa shape index (κ1) is 24.7. The third-order valence-electron chi connectivity index (χ3n) is 4.29. The third-order valence-corrected chi connectivity index (χ3v) is 6.00. The van der Waals surface area contributed by atoms with E-state index in [0.29, 0.717) is 16.5 Å². The molecule has 0 radical (unpaired) electrons. The maximum Gasteiger partial charge on any atom is 0.341 e. The lowest BCUT2D eigenvalue weighted by atomic mass is 9.98. The monoisotopic (exact) mass is 504 g/mol. The van der Waals surface area contributed by atoms with Gasteiger partial charge in [-0.3, -0.25) is 0 Å². The molecule has 3 rings (SSSR count). The number of hydrogen-bond acceptors (Lipinski definition) is 6. The molecule has 33 heavy (non-hydrogen) atoms. The van der Waals surface area contributed by atoms with Crippen molar-refractivity contribution in [2.75, 3.05) is 18.6 Å². The van der Waals surface area contributed by atoms with E-state index >= 15 is 0 Å². The average molecular weight is 505 g/mol. The largest absolute Gasteiger partial charge is 0.480 e. The minimum atomic E-state index is -3.59. The molecule has 0 aliphatic carbocycles. The Morgan fingerprint density at radius 2 is 1.70 bits per heavy atom. The van der Waals surface area contributed by atoms with E-state index in [2.05, 4.69) is 6.08 Å². The molecule has 172 valence electrons. The molecule has 1 N–H and O–H groups in total. The van der Waals surface area contributed by atoms with Crippen LogP contribution >= 0.6 is 23.4 Å². The molecule has 3 aromatic rings. The summed E-state index contributed by atoms with van der Waals surface area (Å²) in [6.07, 6.45) is 3.08. The molecular formula is C24H21ClO6S2. The molecule has 0 spiro atoms. The van der Waals surface area contributed by atoms with Gasteiger partial charge in [0, 0.05) is 10.6 Å². The topological polar surface area (TPSA) is 89.9 Å². The zero-order valence-electron chi connectivity index (χ0n) is 17.6. The highest BCUT2D eigenvalue weighted by molar-refractivity contribution is 7.99. The number of benzene rings is 3. The number of rotatable bonds is 10. The third kappa shape index (κ3) is 7.85. The van der Waals surface area contributed by atoms with Crippen molar-refractivity contribution in [2.24, 2.45) is 0 Å². The van der Waals surface area contributed by atoms with Gasteiger partial charge in [-0.2, -0.15) is 8.42 Å². The number of halogens is 1. The van der Waals surface area contributed by atoms with Crippen molar-refractivity contribution in [3.8, 4) is 11.5 Å². The van der Waals surface area contributed by atoms with E-state index in [9.17, 15) is 13.2 Å². The molecule has 0 saturated heterocycles. The van der Waals surface area contributed by atoms with Gasteiger partial charge in [-0.15, -0.1) is 11.8 Å². The van der Waals surface area contributed by atoms with E-state index in [4.69, 9.17) is 25.6 Å². The van der Waals surface area contributed by atoms with Gasteiger partial charge >= 0.3 is 16.1 Å². The Balaban J connectivity index is 1.78. The summed E-state index contributed by atoms with van der Waals surface area (Å²) in [4.78, 5) is 11.6. The number of aliphatic carboxylic acids is 1. The van der Waals surface area contributed by atoms with Crippen LogP contribution in [0.1, 0.15) is 11.1 Å². The van der Waals surface area contributed by atoms with Crippen molar-refractivity contribution in [1.82, 2.24) is 0 Å². The smallest absolute Gasteiger partial charge is 0.341 e. The van der Waals surface area contributed by atoms with E-state index in [0.717, 1.165) is 27.9 Å². The van der Waals surface area contributed by atoms with Gasteiger partial charge in [-0.05, 0) is 47.0 Å². The zero-order valence-corrected chi connectivity index (χ0v) is 20.0. The summed E-state index contributed by atoms with van der Waals surface area (Å²) >= 11 is 7.77. The minimum absolute atomic E-state index is 0.253. The highest BCUT2D eigenvalue weighted by atomic mass is 35.5. The summed E-state index contributed by atoms with van der Waals surface area (Å²) in [7, 11) is -3.59. The molecular weight excluding hydrogens is 484 g/mol. The summed E-state index contributed by atoms with van der Waals surface area (Å²) in [6, 6.07) is 21.9. The molecule has 0 aliphatic heterocycles. The minimum Gasteiger partial charge on any atom is -0.480 e. The van der Waals surface area contributed by atoms with Crippen LogP contribution in [-0.2, 0) is 14.9 Å². The van der Waals surface area contributed by atoms with Gasteiger partial charge < -0.3 is 14.0 Å². The van der Waals surface area contributed by atoms with Crippen molar-refractivity contribution in [3.05, 3.63) is 95.0 Å². The fraction of sp³-hybridized carbons (Fsp3) is 0.125. The van der Waals surface area contributed by atoms with Crippen LogP contribution in [-0.4, -0.2) is 38.1 Å². The average Bonchev–Trinajstić information content (AvgIpc) is 2.76. The number of thioether (sulfide) groups is 1. The summed E-state index contributed by atoms with van der Waals surface area (Å²) in [5, 5.41) is 9.07. The molecule has 0 aliphatic rings. The molecule has 9 heteroatoms. The molecule has 3 aromatic carbocycles. The molecule has 0 bridgehead atoms. The number of hydrogen-bond donors (Lipinski definition) is 1. The molecule has 0 heterocycles. The van der Waals surface area contributed by atoms with Gasteiger partial charge in [0.25, 0.3) is 0 Å². The van der Waals surface area contributed by atoms with Crippen LogP contribution in [0.2, 0.25) is 5.02 Å². The lowest BCUT2D eigenvalue weighted by Gasteiger charge is -2.11. The summed E-state index contributed by atoms with van der Waals surface area (Å²) in [5.41, 5.74) is 2.92. The summed E-state index contributed by atoms with van der Waals surface area (Å²) < 4.78 is 32.8. The van der Waals surface area contributed by atoms with Crippen LogP contribution < -0.4 is 8.92 Å². The van der Waals surface area contributed by atoms with Crippen molar-refractivity contribution in [3.63, 3.8) is 0 Å². The quantitative estimate of drug-likeness (QED) is 0.293. The van der Waals surface area contributed by atoms with Crippen LogP contribution in [0.25, 0.3) is 5.57 Å². The second-order valence-electron chi connectivity index (χ2n) is 6.88. The van der Waals surface area contributed by atoms with Gasteiger partial charge in [0.2, 0.25) is 0 Å². The Morgan fingerprint density at radius 3 is 2.30 bits per heavy atom. The molecule has 0 unspecified atom stereocenters. The lowest BCUT2D eigenvalue weighted by molar-refractivity contribution is -0.139. The van der Waals surface area contributed by atoms with Crippen molar-refractivity contribution >= 4 is 45.0 Å². The van der Waals surface area contributed by atoms with Crippen LogP contribution in [0.15, 0.2) is 83.8 Å². The normalized spacial score (nSPS) is 11.8. The molecule has 0 fully saturated rings. The van der Waals surface area contributed by atoms with Crippen molar-refractivity contribution in [2.45, 2.75) is 4.90 Å². The Kier molecular flexibility index (Phi) is 8.43. The fourth-order valence-electron chi connectivity index (χ4n) is 2.93. The first-order valence-corrected chi connectivity index (χ1v) is 12.9. The first-order valence-electron chi connectivity index (χ1n) is 9.74. The molecule has 0 atom stereocenters. The predicted octanol–water partition coefficient (Wildman–Crippen LogP) is 5.37. The predicted molar refractivity (Wildman–Crippen MR) is 131 cm³/mol. The number of carboxylic acid groups (broad SMARTS) is 1. The number of carbonyl (C=O) groups is 1. The molecule has 0 aromatic heterocycles. The highest BCUT2D eigenvalue weighted by Crippen LogP contribution is 2.31. The second kappa shape index (κ2) is 11.3. The van der Waals surface area contributed by atoms with Gasteiger partial charge in [-0.25, -0.2) is 4.79 Å². The second-order valence-corrected chi connectivity index (χ2v) is 9.96. The van der Waals surface area contributed by atoms with Crippen LogP contribution in [0, 0.1) is 0 Å². The molecule has 0 amide bonds. The SMILES string of the molecule is CS(=O)(=O)Oc1ccc(/C(=C\CSc2ccc(OCC(=O)O)c(Cl)c2)c2ccccc2)cc1. The van der Waals surface area contributed by atoms with Crippen molar-refractivity contribution < 1.29 is 27.2 Å². The van der Waals surface area contributed by atoms with Gasteiger partial charge in [0.1, 0.15) is 11.5 Å². The van der Waals surface area contributed by atoms with Crippen LogP contribution in [0.5, 0.6) is 11.5 Å². The Morgan fingerprint density at radius 1 is 1.03 bits per heavy atom. The fourth-order valence-corrected chi connectivity index (χ4v) is 4.50. The standard InChI is InChI=1S/C24H21ClO6S2/c1-33(28,29)31-19-9-7-18(8-10-19)21(17-5-3-2-4-6-17)13-14-32-20-11-12-23(22(25)15-20)30-16-24(26)27/h2-13,15H,14,16H2,1H3,(H,26,27)/b21-13-. The Hall–Kier alpha value is -2.94. The van der Waals surface area contributed by atoms with Gasteiger partial charge in [0.05, 0.1) is 11.3 Å². The van der Waals surface area contributed by atoms with Crippen LogP contribution in [0.3, 0.4) is 0 Å². The van der Waals surface area contributed by atoms with Gasteiger partial charge in [-0.1, -0.05) is 60.1 Å². The van der Waals surface area contributed by atoms with E-state index in [-0.39, 0.29) is 5.75 Å². The maximum atomic E-state index is 11.3. The first-order chi connectivity index (χ1) is 15.7.